The topological polar surface area (TPSA) is 79.8 Å². The Morgan fingerprint density at radius 2 is 2.19 bits per heavy atom. The van der Waals surface area contributed by atoms with Gasteiger partial charge in [0.15, 0.2) is 0 Å². The number of oxime groups is 1. The molecule has 1 unspecified atom stereocenters. The number of rotatable bonds is 5. The molecule has 1 aliphatic heterocycles. The molecule has 2 aromatic rings. The fraction of sp³-hybridized carbons (Fsp3) is 0.235. The van der Waals surface area contributed by atoms with Crippen LogP contribution in [-0.4, -0.2) is 30.2 Å². The fourth-order valence-corrected chi connectivity index (χ4v) is 3.88. The highest BCUT2D eigenvalue weighted by atomic mass is 79.9. The van der Waals surface area contributed by atoms with Crippen LogP contribution in [0, 0.1) is 6.92 Å². The Kier molecular flexibility index (Phi) is 5.95. The van der Waals surface area contributed by atoms with Crippen LogP contribution in [0.4, 0.5) is 5.69 Å². The lowest BCUT2D eigenvalue weighted by Crippen LogP contribution is -2.39. The van der Waals surface area contributed by atoms with Gasteiger partial charge in [-0.15, -0.1) is 11.3 Å². The van der Waals surface area contributed by atoms with Crippen molar-refractivity contribution >= 4 is 62.1 Å². The first-order chi connectivity index (χ1) is 12.4. The van der Waals surface area contributed by atoms with Crippen LogP contribution in [0.2, 0.25) is 4.34 Å². The Morgan fingerprint density at radius 1 is 1.38 bits per heavy atom. The van der Waals surface area contributed by atoms with Gasteiger partial charge in [0.05, 0.1) is 15.8 Å². The first-order valence-corrected chi connectivity index (χ1v) is 9.73. The van der Waals surface area contributed by atoms with E-state index in [1.165, 1.54) is 11.3 Å². The van der Waals surface area contributed by atoms with Gasteiger partial charge in [-0.25, -0.2) is 0 Å². The zero-order valence-corrected chi connectivity index (χ0v) is 16.9. The average molecular weight is 457 g/mol. The van der Waals surface area contributed by atoms with Gasteiger partial charge in [0.1, 0.15) is 5.71 Å². The smallest absolute Gasteiger partial charge is 0.264 e. The molecule has 1 aromatic carbocycles. The predicted molar refractivity (Wildman–Crippen MR) is 106 cm³/mol. The Morgan fingerprint density at radius 3 is 2.88 bits per heavy atom. The summed E-state index contributed by atoms with van der Waals surface area (Å²) in [7, 11) is 0. The lowest BCUT2D eigenvalue weighted by Gasteiger charge is -2.11. The standard InChI is InChI=1S/C17H15BrClN3O3S/c1-9-6-10(18)2-3-11(9)21-16(23)8-20-17(24)13-7-12(22-25-13)14-4-5-15(19)26-14/h2-6,13H,7-8H2,1H3,(H,20,24)(H,21,23). The zero-order valence-electron chi connectivity index (χ0n) is 13.7. The number of nitrogens with zero attached hydrogens (tertiary/aromatic N) is 1. The lowest BCUT2D eigenvalue weighted by molar-refractivity contribution is -0.132. The second-order valence-corrected chi connectivity index (χ2v) is 8.30. The lowest BCUT2D eigenvalue weighted by atomic mass is 10.1. The van der Waals surface area contributed by atoms with E-state index in [0.717, 1.165) is 14.9 Å². The monoisotopic (exact) mass is 455 g/mol. The van der Waals surface area contributed by atoms with E-state index in [2.05, 4.69) is 31.7 Å². The predicted octanol–water partition coefficient (Wildman–Crippen LogP) is 3.72. The summed E-state index contributed by atoms with van der Waals surface area (Å²) in [6.07, 6.45) is -0.399. The van der Waals surface area contributed by atoms with Gasteiger partial charge in [0.2, 0.25) is 12.0 Å². The van der Waals surface area contributed by atoms with Crippen LogP contribution in [0.15, 0.2) is 40.0 Å². The highest BCUT2D eigenvalue weighted by Gasteiger charge is 2.29. The summed E-state index contributed by atoms with van der Waals surface area (Å²) < 4.78 is 1.58. The molecule has 0 saturated carbocycles. The highest BCUT2D eigenvalue weighted by Crippen LogP contribution is 2.26. The number of halogens is 2. The van der Waals surface area contributed by atoms with E-state index in [1.807, 2.05) is 25.1 Å². The van der Waals surface area contributed by atoms with Crippen LogP contribution in [0.3, 0.4) is 0 Å². The number of nitrogens with one attached hydrogen (secondary N) is 2. The average Bonchev–Trinajstić information content (AvgIpc) is 3.24. The van der Waals surface area contributed by atoms with Crippen LogP contribution in [0.1, 0.15) is 16.9 Å². The number of amides is 2. The maximum atomic E-state index is 12.2. The van der Waals surface area contributed by atoms with E-state index < -0.39 is 6.10 Å². The third kappa shape index (κ3) is 4.63. The minimum absolute atomic E-state index is 0.144. The molecule has 0 fully saturated rings. The minimum Gasteiger partial charge on any atom is -0.382 e. The van der Waals surface area contributed by atoms with Gasteiger partial charge in [-0.05, 0) is 42.8 Å². The summed E-state index contributed by atoms with van der Waals surface area (Å²) >= 11 is 10.7. The molecule has 0 aliphatic carbocycles. The molecule has 1 aromatic heterocycles. The van der Waals surface area contributed by atoms with E-state index in [1.54, 1.807) is 12.1 Å². The summed E-state index contributed by atoms with van der Waals surface area (Å²) in [5.41, 5.74) is 2.30. The normalized spacial score (nSPS) is 16.0. The fourth-order valence-electron chi connectivity index (χ4n) is 2.38. The third-order valence-electron chi connectivity index (χ3n) is 3.70. The molecule has 1 atom stereocenters. The molecule has 6 nitrogen and oxygen atoms in total. The summed E-state index contributed by atoms with van der Waals surface area (Å²) in [6.45, 7) is 1.75. The third-order valence-corrected chi connectivity index (χ3v) is 5.48. The SMILES string of the molecule is Cc1cc(Br)ccc1NC(=O)CNC(=O)C1CC(c2ccc(Cl)s2)=NO1. The summed E-state index contributed by atoms with van der Waals surface area (Å²) in [5, 5.41) is 9.27. The van der Waals surface area contributed by atoms with Crippen LogP contribution in [-0.2, 0) is 14.4 Å². The largest absolute Gasteiger partial charge is 0.382 e. The molecule has 0 bridgehead atoms. The Hall–Kier alpha value is -1.90. The number of anilines is 1. The Labute approximate surface area is 167 Å². The first-order valence-electron chi connectivity index (χ1n) is 7.74. The number of hydrogen-bond donors (Lipinski definition) is 2. The Balaban J connectivity index is 1.48. The molecular weight excluding hydrogens is 442 g/mol. The van der Waals surface area contributed by atoms with Gasteiger partial charge in [-0.2, -0.15) is 0 Å². The maximum absolute atomic E-state index is 12.2. The van der Waals surface area contributed by atoms with E-state index in [4.69, 9.17) is 16.4 Å². The van der Waals surface area contributed by atoms with Crippen molar-refractivity contribution in [3.63, 3.8) is 0 Å². The van der Waals surface area contributed by atoms with E-state index in [9.17, 15) is 9.59 Å². The summed E-state index contributed by atoms with van der Waals surface area (Å²) in [6, 6.07) is 9.14. The summed E-state index contributed by atoms with van der Waals surface area (Å²) in [5.74, 6) is -0.693. The molecule has 136 valence electrons. The van der Waals surface area contributed by atoms with Crippen LogP contribution in [0.5, 0.6) is 0 Å². The van der Waals surface area contributed by atoms with Crippen molar-refractivity contribution in [3.05, 3.63) is 49.6 Å². The molecule has 26 heavy (non-hydrogen) atoms. The minimum atomic E-state index is -0.743. The second-order valence-electron chi connectivity index (χ2n) is 5.67. The number of aryl methyl sites for hydroxylation is 1. The number of carbonyl (C=O) groups excluding carboxylic acids is 2. The first kappa shape index (κ1) is 18.9. The van der Waals surface area contributed by atoms with Crippen molar-refractivity contribution in [2.24, 2.45) is 5.16 Å². The second kappa shape index (κ2) is 8.20. The van der Waals surface area contributed by atoms with Gasteiger partial charge in [-0.3, -0.25) is 9.59 Å². The molecule has 2 N–H and O–H groups in total. The van der Waals surface area contributed by atoms with E-state index >= 15 is 0 Å². The van der Waals surface area contributed by atoms with Crippen LogP contribution < -0.4 is 10.6 Å². The number of benzene rings is 1. The van der Waals surface area contributed by atoms with Crippen LogP contribution in [0.25, 0.3) is 0 Å². The molecule has 0 radical (unpaired) electrons. The molecule has 9 heteroatoms. The number of thiophene rings is 1. The van der Waals surface area contributed by atoms with Gasteiger partial charge in [-0.1, -0.05) is 32.7 Å². The zero-order chi connectivity index (χ0) is 18.7. The van der Waals surface area contributed by atoms with E-state index in [0.29, 0.717) is 22.2 Å². The summed E-state index contributed by atoms with van der Waals surface area (Å²) in [4.78, 5) is 30.3. The number of hydrogen-bond acceptors (Lipinski definition) is 5. The molecule has 0 spiro atoms. The molecule has 3 rings (SSSR count). The molecule has 2 amide bonds. The van der Waals surface area contributed by atoms with Gasteiger partial charge in [0, 0.05) is 16.6 Å². The molecule has 2 heterocycles. The van der Waals surface area contributed by atoms with Crippen molar-refractivity contribution in [1.82, 2.24) is 5.32 Å². The Bertz CT molecular complexity index is 884. The molecule has 1 aliphatic rings. The maximum Gasteiger partial charge on any atom is 0.264 e. The number of carbonyl (C=O) groups is 2. The van der Waals surface area contributed by atoms with Crippen molar-refractivity contribution < 1.29 is 14.4 Å². The van der Waals surface area contributed by atoms with Gasteiger partial charge < -0.3 is 15.5 Å². The van der Waals surface area contributed by atoms with Crippen molar-refractivity contribution in [2.75, 3.05) is 11.9 Å². The highest BCUT2D eigenvalue weighted by molar-refractivity contribution is 9.10. The molecular formula is C17H15BrClN3O3S. The van der Waals surface area contributed by atoms with Crippen molar-refractivity contribution in [3.8, 4) is 0 Å². The van der Waals surface area contributed by atoms with Gasteiger partial charge >= 0.3 is 0 Å². The quantitative estimate of drug-likeness (QED) is 0.719. The van der Waals surface area contributed by atoms with Crippen LogP contribution >= 0.6 is 38.9 Å². The van der Waals surface area contributed by atoms with Gasteiger partial charge in [0.25, 0.3) is 5.91 Å². The van der Waals surface area contributed by atoms with Crippen molar-refractivity contribution in [2.45, 2.75) is 19.4 Å². The molecule has 0 saturated heterocycles. The van der Waals surface area contributed by atoms with E-state index in [-0.39, 0.29) is 18.4 Å². The van der Waals surface area contributed by atoms with Crippen molar-refractivity contribution in [1.29, 1.82) is 0 Å².